The highest BCUT2D eigenvalue weighted by molar-refractivity contribution is 5.53. The maximum Gasteiger partial charge on any atom is 0.0407 e. The predicted octanol–water partition coefficient (Wildman–Crippen LogP) is 3.36. The van der Waals surface area contributed by atoms with Crippen molar-refractivity contribution < 1.29 is 0 Å². The smallest absolute Gasteiger partial charge is 0.0407 e. The summed E-state index contributed by atoms with van der Waals surface area (Å²) in [6, 6.07) is 10.4. The Hall–Kier alpha value is -1.50. The topological polar surface area (TPSA) is 3.24 Å². The van der Waals surface area contributed by atoms with Crippen molar-refractivity contribution >= 4 is 5.69 Å². The molecule has 0 bridgehead atoms. The van der Waals surface area contributed by atoms with Crippen LogP contribution in [-0.4, -0.2) is 7.05 Å². The van der Waals surface area contributed by atoms with E-state index >= 15 is 0 Å². The number of likely N-dealkylation sites (N-methyl/N-ethyl adjacent to an activating group) is 1. The van der Waals surface area contributed by atoms with Crippen LogP contribution in [0.3, 0.4) is 0 Å². The first-order chi connectivity index (χ1) is 6.88. The lowest BCUT2D eigenvalue weighted by Crippen LogP contribution is -2.15. The molecule has 1 aromatic rings. The fraction of sp³-hybridized carbons (Fsp3) is 0.231. The zero-order chi connectivity index (χ0) is 9.80. The highest BCUT2D eigenvalue weighted by atomic mass is 15.1. The molecule has 2 rings (SSSR count). The second-order valence-electron chi connectivity index (χ2n) is 3.50. The Morgan fingerprint density at radius 1 is 1.07 bits per heavy atom. The number of allylic oxidation sites excluding steroid dienone is 3. The monoisotopic (exact) mass is 185 g/mol. The van der Waals surface area contributed by atoms with Crippen LogP contribution in [0.2, 0.25) is 0 Å². The van der Waals surface area contributed by atoms with Crippen molar-refractivity contribution in [2.75, 3.05) is 11.9 Å². The molecule has 0 aromatic heterocycles. The molecule has 0 radical (unpaired) electrons. The highest BCUT2D eigenvalue weighted by Crippen LogP contribution is 2.20. The molecular formula is C13H15N. The van der Waals surface area contributed by atoms with Gasteiger partial charge in [-0.2, -0.15) is 0 Å². The molecule has 14 heavy (non-hydrogen) atoms. The lowest BCUT2D eigenvalue weighted by atomic mass is 10.1. The third kappa shape index (κ3) is 1.87. The van der Waals surface area contributed by atoms with Crippen molar-refractivity contribution in [2.24, 2.45) is 0 Å². The molecule has 1 nitrogen and oxygen atoms in total. The summed E-state index contributed by atoms with van der Waals surface area (Å²) in [5.41, 5.74) is 2.53. The summed E-state index contributed by atoms with van der Waals surface area (Å²) < 4.78 is 0. The maximum absolute atomic E-state index is 2.28. The molecular weight excluding hydrogens is 170 g/mol. The van der Waals surface area contributed by atoms with E-state index in [2.05, 4.69) is 54.4 Å². The Kier molecular flexibility index (Phi) is 2.68. The van der Waals surface area contributed by atoms with Crippen LogP contribution in [0.5, 0.6) is 0 Å². The normalized spacial score (nSPS) is 15.1. The molecule has 1 heteroatoms. The molecule has 0 unspecified atom stereocenters. The lowest BCUT2D eigenvalue weighted by Gasteiger charge is -2.22. The molecule has 1 aromatic carbocycles. The second-order valence-corrected chi connectivity index (χ2v) is 3.50. The molecule has 1 aliphatic carbocycles. The minimum absolute atomic E-state index is 1.16. The summed E-state index contributed by atoms with van der Waals surface area (Å²) >= 11 is 0. The van der Waals surface area contributed by atoms with E-state index in [1.165, 1.54) is 17.8 Å². The van der Waals surface area contributed by atoms with Crippen LogP contribution in [0.1, 0.15) is 12.8 Å². The van der Waals surface area contributed by atoms with Crippen LogP contribution in [-0.2, 0) is 0 Å². The summed E-state index contributed by atoms with van der Waals surface area (Å²) in [6.45, 7) is 0. The summed E-state index contributed by atoms with van der Waals surface area (Å²) in [5.74, 6) is 0. The fourth-order valence-electron chi connectivity index (χ4n) is 1.65. The van der Waals surface area contributed by atoms with Crippen LogP contribution in [0.25, 0.3) is 0 Å². The van der Waals surface area contributed by atoms with Gasteiger partial charge in [0.05, 0.1) is 0 Å². The molecule has 0 saturated carbocycles. The molecule has 0 fully saturated rings. The molecule has 0 saturated heterocycles. The Bertz CT molecular complexity index is 349. The first kappa shape index (κ1) is 9.07. The minimum Gasteiger partial charge on any atom is -0.345 e. The zero-order valence-corrected chi connectivity index (χ0v) is 8.48. The van der Waals surface area contributed by atoms with Gasteiger partial charge in [0.15, 0.2) is 0 Å². The van der Waals surface area contributed by atoms with E-state index in [0.717, 1.165) is 6.42 Å². The first-order valence-electron chi connectivity index (χ1n) is 5.03. The van der Waals surface area contributed by atoms with Gasteiger partial charge in [-0.3, -0.25) is 0 Å². The van der Waals surface area contributed by atoms with Crippen LogP contribution in [0.15, 0.2) is 54.3 Å². The number of anilines is 1. The van der Waals surface area contributed by atoms with Gasteiger partial charge in [0.1, 0.15) is 0 Å². The number of rotatable bonds is 2. The lowest BCUT2D eigenvalue weighted by molar-refractivity contribution is 0.984. The molecule has 0 amide bonds. The molecule has 0 spiro atoms. The van der Waals surface area contributed by atoms with Gasteiger partial charge in [-0.15, -0.1) is 0 Å². The van der Waals surface area contributed by atoms with Gasteiger partial charge < -0.3 is 4.90 Å². The SMILES string of the molecule is CN(C1=CCCC=C1)c1ccccc1. The van der Waals surface area contributed by atoms with Gasteiger partial charge in [-0.1, -0.05) is 30.4 Å². The van der Waals surface area contributed by atoms with E-state index in [-0.39, 0.29) is 0 Å². The highest BCUT2D eigenvalue weighted by Gasteiger charge is 2.04. The van der Waals surface area contributed by atoms with Gasteiger partial charge in [-0.05, 0) is 31.1 Å². The van der Waals surface area contributed by atoms with Gasteiger partial charge >= 0.3 is 0 Å². The average molecular weight is 185 g/mol. The first-order valence-corrected chi connectivity index (χ1v) is 5.03. The Balaban J connectivity index is 2.20. The zero-order valence-electron chi connectivity index (χ0n) is 8.48. The summed E-state index contributed by atoms with van der Waals surface area (Å²) in [7, 11) is 2.11. The fourth-order valence-corrected chi connectivity index (χ4v) is 1.65. The van der Waals surface area contributed by atoms with E-state index in [9.17, 15) is 0 Å². The van der Waals surface area contributed by atoms with Crippen molar-refractivity contribution in [3.8, 4) is 0 Å². The van der Waals surface area contributed by atoms with E-state index in [1.54, 1.807) is 0 Å². The van der Waals surface area contributed by atoms with Crippen LogP contribution in [0, 0.1) is 0 Å². The van der Waals surface area contributed by atoms with E-state index < -0.39 is 0 Å². The number of nitrogens with zero attached hydrogens (tertiary/aromatic N) is 1. The quantitative estimate of drug-likeness (QED) is 0.683. The predicted molar refractivity (Wildman–Crippen MR) is 61.3 cm³/mol. The molecule has 0 heterocycles. The van der Waals surface area contributed by atoms with Crippen molar-refractivity contribution in [1.82, 2.24) is 0 Å². The van der Waals surface area contributed by atoms with E-state index in [4.69, 9.17) is 0 Å². The third-order valence-corrected chi connectivity index (χ3v) is 2.51. The van der Waals surface area contributed by atoms with Crippen LogP contribution in [0.4, 0.5) is 5.69 Å². The Morgan fingerprint density at radius 3 is 2.50 bits per heavy atom. The summed E-state index contributed by atoms with van der Waals surface area (Å²) in [6.07, 6.45) is 9.04. The van der Waals surface area contributed by atoms with Crippen molar-refractivity contribution in [1.29, 1.82) is 0 Å². The molecule has 0 aliphatic heterocycles. The van der Waals surface area contributed by atoms with Crippen molar-refractivity contribution in [3.05, 3.63) is 54.3 Å². The largest absolute Gasteiger partial charge is 0.345 e. The van der Waals surface area contributed by atoms with Gasteiger partial charge in [0.2, 0.25) is 0 Å². The number of benzene rings is 1. The van der Waals surface area contributed by atoms with Gasteiger partial charge in [0.25, 0.3) is 0 Å². The summed E-state index contributed by atoms with van der Waals surface area (Å²) in [4.78, 5) is 2.22. The van der Waals surface area contributed by atoms with Crippen LogP contribution < -0.4 is 4.90 Å². The van der Waals surface area contributed by atoms with Crippen molar-refractivity contribution in [3.63, 3.8) is 0 Å². The number of hydrogen-bond donors (Lipinski definition) is 0. The maximum atomic E-state index is 2.28. The van der Waals surface area contributed by atoms with Gasteiger partial charge in [-0.25, -0.2) is 0 Å². The standard InChI is InChI=1S/C13H15N/c1-14(12-8-4-2-5-9-12)13-10-6-3-7-11-13/h2,4-6,8-11H,3,7H2,1H3. The molecule has 0 atom stereocenters. The van der Waals surface area contributed by atoms with E-state index in [1.807, 2.05) is 6.07 Å². The molecule has 1 aliphatic rings. The third-order valence-electron chi connectivity index (χ3n) is 2.51. The van der Waals surface area contributed by atoms with E-state index in [0.29, 0.717) is 0 Å². The summed E-state index contributed by atoms with van der Waals surface area (Å²) in [5, 5.41) is 0. The second kappa shape index (κ2) is 4.14. The number of hydrogen-bond acceptors (Lipinski definition) is 1. The van der Waals surface area contributed by atoms with Crippen LogP contribution >= 0.6 is 0 Å². The Morgan fingerprint density at radius 2 is 1.86 bits per heavy atom. The Labute approximate surface area is 85.4 Å². The molecule has 0 N–H and O–H groups in total. The number of para-hydroxylation sites is 1. The van der Waals surface area contributed by atoms with Crippen molar-refractivity contribution in [2.45, 2.75) is 12.8 Å². The minimum atomic E-state index is 1.16. The molecule has 72 valence electrons. The van der Waals surface area contributed by atoms with Gasteiger partial charge in [0, 0.05) is 18.4 Å². The average Bonchev–Trinajstić information content (AvgIpc) is 2.30.